The van der Waals surface area contributed by atoms with Crippen LogP contribution in [-0.4, -0.2) is 44.6 Å². The Labute approximate surface area is 176 Å². The molecule has 0 radical (unpaired) electrons. The zero-order chi connectivity index (χ0) is 19.7. The number of nitrogens with one attached hydrogen (secondary N) is 1. The average Bonchev–Trinajstić information content (AvgIpc) is 3.28. The molecule has 0 aliphatic carbocycles. The van der Waals surface area contributed by atoms with Crippen LogP contribution in [0.2, 0.25) is 0 Å². The Morgan fingerprint density at radius 1 is 1.10 bits per heavy atom. The number of carbonyl (C=O) groups is 1. The van der Waals surface area contributed by atoms with Gasteiger partial charge >= 0.3 is 0 Å². The lowest BCUT2D eigenvalue weighted by Gasteiger charge is -2.28. The van der Waals surface area contributed by atoms with Gasteiger partial charge in [0.1, 0.15) is 5.82 Å². The molecule has 2 fully saturated rings. The molecule has 0 saturated carbocycles. The fraction of sp³-hybridized carbons (Fsp3) is 0.381. The van der Waals surface area contributed by atoms with E-state index in [9.17, 15) is 17.6 Å². The zero-order valence-corrected chi connectivity index (χ0v) is 17.5. The molecule has 2 aromatic rings. The Morgan fingerprint density at radius 2 is 1.86 bits per heavy atom. The minimum atomic E-state index is -3.51. The lowest BCUT2D eigenvalue weighted by molar-refractivity contribution is -0.132. The van der Waals surface area contributed by atoms with Crippen LogP contribution in [0.3, 0.4) is 0 Å². The maximum Gasteiger partial charge on any atom is 0.224 e. The standard InChI is InChI=1S/C21H23FN2O3S.ClH/c22-17-6-4-5-15(11-17)21-19-13-23-12-16(19)14-24(21)20(25)9-10-28(26,27)18-7-2-1-3-8-18;/h1-8,11,16,19,21,23H,9-10,12-14H2;1H/t16-,19-,21-;/m0./s1. The number of rotatable bonds is 5. The summed E-state index contributed by atoms with van der Waals surface area (Å²) >= 11 is 0. The molecule has 2 saturated heterocycles. The number of fused-ring (bicyclic) bond motifs is 1. The third-order valence-corrected chi connectivity index (χ3v) is 7.49. The summed E-state index contributed by atoms with van der Waals surface area (Å²) in [4.78, 5) is 15.0. The van der Waals surface area contributed by atoms with Gasteiger partial charge in [-0.2, -0.15) is 0 Å². The van der Waals surface area contributed by atoms with Crippen LogP contribution in [0.15, 0.2) is 59.5 Å². The van der Waals surface area contributed by atoms with Crippen LogP contribution >= 0.6 is 12.4 Å². The summed E-state index contributed by atoms with van der Waals surface area (Å²) in [6.07, 6.45) is -0.0735. The fourth-order valence-electron chi connectivity index (χ4n) is 4.41. The molecule has 3 atom stereocenters. The molecule has 29 heavy (non-hydrogen) atoms. The molecule has 0 unspecified atom stereocenters. The van der Waals surface area contributed by atoms with Gasteiger partial charge in [0.2, 0.25) is 5.91 Å². The van der Waals surface area contributed by atoms with Crippen molar-refractivity contribution in [1.82, 2.24) is 10.2 Å². The molecule has 1 N–H and O–H groups in total. The maximum absolute atomic E-state index is 13.8. The van der Waals surface area contributed by atoms with E-state index in [1.807, 2.05) is 6.07 Å². The summed E-state index contributed by atoms with van der Waals surface area (Å²) < 4.78 is 38.8. The second kappa shape index (κ2) is 8.81. The number of likely N-dealkylation sites (tertiary alicyclic amines) is 1. The molecule has 8 heteroatoms. The van der Waals surface area contributed by atoms with Crippen LogP contribution in [0.1, 0.15) is 18.0 Å². The van der Waals surface area contributed by atoms with Crippen LogP contribution in [0, 0.1) is 17.7 Å². The molecule has 2 heterocycles. The summed E-state index contributed by atoms with van der Waals surface area (Å²) in [6, 6.07) is 14.3. The van der Waals surface area contributed by atoms with Gasteiger partial charge in [0.25, 0.3) is 0 Å². The number of benzene rings is 2. The Balaban J connectivity index is 0.00000240. The predicted octanol–water partition coefficient (Wildman–Crippen LogP) is 2.83. The highest BCUT2D eigenvalue weighted by atomic mass is 35.5. The number of halogens is 2. The molecule has 2 aliphatic heterocycles. The van der Waals surface area contributed by atoms with Crippen LogP contribution in [0.4, 0.5) is 4.39 Å². The van der Waals surface area contributed by atoms with Crippen molar-refractivity contribution in [1.29, 1.82) is 0 Å². The maximum atomic E-state index is 13.8. The quantitative estimate of drug-likeness (QED) is 0.779. The Morgan fingerprint density at radius 3 is 2.59 bits per heavy atom. The molecule has 4 rings (SSSR count). The lowest BCUT2D eigenvalue weighted by Crippen LogP contribution is -2.35. The van der Waals surface area contributed by atoms with Crippen LogP contribution in [-0.2, 0) is 14.6 Å². The highest BCUT2D eigenvalue weighted by molar-refractivity contribution is 7.91. The molecular formula is C21H24ClFN2O3S. The summed E-state index contributed by atoms with van der Waals surface area (Å²) in [5.41, 5.74) is 0.774. The number of hydrogen-bond acceptors (Lipinski definition) is 4. The van der Waals surface area contributed by atoms with Crippen molar-refractivity contribution in [3.05, 3.63) is 66.0 Å². The zero-order valence-electron chi connectivity index (χ0n) is 15.8. The molecule has 1 amide bonds. The van der Waals surface area contributed by atoms with Crippen molar-refractivity contribution in [3.8, 4) is 0 Å². The van der Waals surface area contributed by atoms with E-state index >= 15 is 0 Å². The minimum absolute atomic E-state index is 0. The van der Waals surface area contributed by atoms with E-state index in [1.165, 1.54) is 12.1 Å². The Bertz CT molecular complexity index is 971. The second-order valence-corrected chi connectivity index (χ2v) is 9.62. The van der Waals surface area contributed by atoms with Gasteiger partial charge in [0.05, 0.1) is 16.7 Å². The highest BCUT2D eigenvalue weighted by Gasteiger charge is 2.46. The number of carbonyl (C=O) groups excluding carboxylic acids is 1. The van der Waals surface area contributed by atoms with Gasteiger partial charge < -0.3 is 10.2 Å². The van der Waals surface area contributed by atoms with Gasteiger partial charge in [-0.3, -0.25) is 4.79 Å². The molecule has 0 bridgehead atoms. The van der Waals surface area contributed by atoms with Crippen molar-refractivity contribution < 1.29 is 17.6 Å². The first-order valence-corrected chi connectivity index (χ1v) is 11.1. The molecule has 0 spiro atoms. The highest BCUT2D eigenvalue weighted by Crippen LogP contribution is 2.43. The number of hydrogen-bond donors (Lipinski definition) is 1. The molecule has 5 nitrogen and oxygen atoms in total. The van der Waals surface area contributed by atoms with Crippen molar-refractivity contribution in [2.45, 2.75) is 17.4 Å². The van der Waals surface area contributed by atoms with Gasteiger partial charge in [-0.05, 0) is 35.7 Å². The van der Waals surface area contributed by atoms with Crippen molar-refractivity contribution in [2.75, 3.05) is 25.4 Å². The molecule has 156 valence electrons. The van der Waals surface area contributed by atoms with Crippen LogP contribution < -0.4 is 5.32 Å². The second-order valence-electron chi connectivity index (χ2n) is 7.51. The average molecular weight is 439 g/mol. The van der Waals surface area contributed by atoms with Crippen molar-refractivity contribution >= 4 is 28.2 Å². The van der Waals surface area contributed by atoms with E-state index in [0.717, 1.165) is 18.7 Å². The van der Waals surface area contributed by atoms with Gasteiger partial charge in [0, 0.05) is 32.0 Å². The third-order valence-electron chi connectivity index (χ3n) is 5.76. The lowest BCUT2D eigenvalue weighted by atomic mass is 9.89. The smallest absolute Gasteiger partial charge is 0.224 e. The minimum Gasteiger partial charge on any atom is -0.335 e. The van der Waals surface area contributed by atoms with E-state index in [2.05, 4.69) is 5.32 Å². The van der Waals surface area contributed by atoms with Crippen LogP contribution in [0.25, 0.3) is 0 Å². The summed E-state index contributed by atoms with van der Waals surface area (Å²) in [5.74, 6) is -0.218. The third kappa shape index (κ3) is 4.47. The van der Waals surface area contributed by atoms with Crippen molar-refractivity contribution in [2.24, 2.45) is 11.8 Å². The normalized spacial score (nSPS) is 23.5. The molecule has 2 aromatic carbocycles. The van der Waals surface area contributed by atoms with Gasteiger partial charge in [-0.1, -0.05) is 30.3 Å². The molecular weight excluding hydrogens is 415 g/mol. The largest absolute Gasteiger partial charge is 0.335 e. The van der Waals surface area contributed by atoms with Crippen LogP contribution in [0.5, 0.6) is 0 Å². The summed E-state index contributed by atoms with van der Waals surface area (Å²) in [7, 11) is -3.51. The van der Waals surface area contributed by atoms with Crippen molar-refractivity contribution in [3.63, 3.8) is 0 Å². The molecule has 2 aliphatic rings. The Kier molecular flexibility index (Phi) is 6.61. The van der Waals surface area contributed by atoms with E-state index in [4.69, 9.17) is 0 Å². The van der Waals surface area contributed by atoms with E-state index in [0.29, 0.717) is 12.5 Å². The summed E-state index contributed by atoms with van der Waals surface area (Å²) in [6.45, 7) is 2.17. The first kappa shape index (κ1) is 21.7. The topological polar surface area (TPSA) is 66.5 Å². The fourth-order valence-corrected chi connectivity index (χ4v) is 5.66. The van der Waals surface area contributed by atoms with Gasteiger partial charge in [0.15, 0.2) is 9.84 Å². The van der Waals surface area contributed by atoms with Gasteiger partial charge in [-0.25, -0.2) is 12.8 Å². The first-order chi connectivity index (χ1) is 13.5. The van der Waals surface area contributed by atoms with Gasteiger partial charge in [-0.15, -0.1) is 12.4 Å². The SMILES string of the molecule is Cl.O=C(CCS(=O)(=O)c1ccccc1)N1C[C@@H]2CNC[C@@H]2[C@@H]1c1cccc(F)c1. The van der Waals surface area contributed by atoms with E-state index in [-0.39, 0.29) is 53.2 Å². The molecule has 0 aromatic heterocycles. The number of nitrogens with zero attached hydrogens (tertiary/aromatic N) is 1. The number of amides is 1. The predicted molar refractivity (Wildman–Crippen MR) is 111 cm³/mol. The number of sulfone groups is 1. The Hall–Kier alpha value is -1.96. The summed E-state index contributed by atoms with van der Waals surface area (Å²) in [5, 5.41) is 3.35. The monoisotopic (exact) mass is 438 g/mol. The van der Waals surface area contributed by atoms with E-state index in [1.54, 1.807) is 41.3 Å². The van der Waals surface area contributed by atoms with E-state index < -0.39 is 9.84 Å². The first-order valence-electron chi connectivity index (χ1n) is 9.49.